The van der Waals surface area contributed by atoms with Gasteiger partial charge in [-0.3, -0.25) is 9.52 Å². The molecule has 1 aromatic heterocycles. The van der Waals surface area contributed by atoms with E-state index < -0.39 is 10.0 Å². The summed E-state index contributed by atoms with van der Waals surface area (Å²) in [6.45, 7) is 2.40. The lowest BCUT2D eigenvalue weighted by Crippen LogP contribution is -2.10. The summed E-state index contributed by atoms with van der Waals surface area (Å²) in [6, 6.07) is 13.5. The molecule has 0 radical (unpaired) electrons. The first-order valence-electron chi connectivity index (χ1n) is 8.65. The molecule has 0 unspecified atom stereocenters. The Kier molecular flexibility index (Phi) is 6.55. The molecule has 0 fully saturated rings. The highest BCUT2D eigenvalue weighted by molar-refractivity contribution is 7.99. The predicted octanol–water partition coefficient (Wildman–Crippen LogP) is 3.48. The standard InChI is InChI=1S/C19H19N3O5S2/c1-3-26-17-7-5-4-6-15(17)18-20-21-19(27-18)28-12-16(23)13-8-10-14(11-9-13)22-29(2,24)25/h4-11,22H,3,12H2,1-2H3. The van der Waals surface area contributed by atoms with Crippen molar-refractivity contribution in [2.75, 3.05) is 23.3 Å². The second-order valence-electron chi connectivity index (χ2n) is 5.97. The maximum absolute atomic E-state index is 12.4. The lowest BCUT2D eigenvalue weighted by molar-refractivity contribution is 0.102. The molecule has 8 nitrogen and oxygen atoms in total. The number of carbonyl (C=O) groups is 1. The van der Waals surface area contributed by atoms with Crippen LogP contribution < -0.4 is 9.46 Å². The van der Waals surface area contributed by atoms with Gasteiger partial charge in [0.2, 0.25) is 10.0 Å². The van der Waals surface area contributed by atoms with Crippen LogP contribution in [0.1, 0.15) is 17.3 Å². The Morgan fingerprint density at radius 2 is 1.86 bits per heavy atom. The molecule has 29 heavy (non-hydrogen) atoms. The zero-order valence-corrected chi connectivity index (χ0v) is 17.4. The number of thioether (sulfide) groups is 1. The maximum Gasteiger partial charge on any atom is 0.277 e. The number of ether oxygens (including phenoxy) is 1. The largest absolute Gasteiger partial charge is 0.493 e. The monoisotopic (exact) mass is 433 g/mol. The second kappa shape index (κ2) is 9.10. The van der Waals surface area contributed by atoms with Crippen LogP contribution in [0.5, 0.6) is 5.75 Å². The van der Waals surface area contributed by atoms with Crippen molar-refractivity contribution in [2.24, 2.45) is 0 Å². The Labute approximate surface area is 172 Å². The molecular formula is C19H19N3O5S2. The minimum absolute atomic E-state index is 0.105. The van der Waals surface area contributed by atoms with Gasteiger partial charge in [0.05, 0.1) is 24.2 Å². The van der Waals surface area contributed by atoms with E-state index in [-0.39, 0.29) is 16.8 Å². The van der Waals surface area contributed by atoms with Crippen molar-refractivity contribution in [3.05, 3.63) is 54.1 Å². The number of nitrogens with zero attached hydrogens (tertiary/aromatic N) is 2. The van der Waals surface area contributed by atoms with E-state index in [4.69, 9.17) is 9.15 Å². The highest BCUT2D eigenvalue weighted by atomic mass is 32.2. The van der Waals surface area contributed by atoms with Crippen LogP contribution in [0, 0.1) is 0 Å². The third-order valence-corrected chi connectivity index (χ3v) is 5.09. The first-order valence-corrected chi connectivity index (χ1v) is 11.5. The number of anilines is 1. The van der Waals surface area contributed by atoms with Gasteiger partial charge in [-0.2, -0.15) is 0 Å². The molecule has 0 saturated heterocycles. The lowest BCUT2D eigenvalue weighted by Gasteiger charge is -2.06. The fourth-order valence-electron chi connectivity index (χ4n) is 2.45. The molecule has 0 saturated carbocycles. The Morgan fingerprint density at radius 3 is 2.55 bits per heavy atom. The molecule has 10 heteroatoms. The molecule has 1 heterocycles. The SMILES string of the molecule is CCOc1ccccc1-c1nnc(SCC(=O)c2ccc(NS(C)(=O)=O)cc2)o1. The van der Waals surface area contributed by atoms with E-state index in [2.05, 4.69) is 14.9 Å². The zero-order chi connectivity index (χ0) is 20.9. The molecule has 1 N–H and O–H groups in total. The van der Waals surface area contributed by atoms with E-state index in [1.165, 1.54) is 12.1 Å². The fourth-order valence-corrected chi connectivity index (χ4v) is 3.67. The van der Waals surface area contributed by atoms with Crippen LogP contribution >= 0.6 is 11.8 Å². The number of para-hydroxylation sites is 1. The average molecular weight is 434 g/mol. The number of aromatic nitrogens is 2. The molecule has 3 rings (SSSR count). The summed E-state index contributed by atoms with van der Waals surface area (Å²) < 4.78 is 36.0. The number of rotatable bonds is 9. The number of nitrogens with one attached hydrogen (secondary N) is 1. The van der Waals surface area contributed by atoms with Gasteiger partial charge in [-0.05, 0) is 43.3 Å². The van der Waals surface area contributed by atoms with Crippen molar-refractivity contribution in [3.63, 3.8) is 0 Å². The van der Waals surface area contributed by atoms with Crippen molar-refractivity contribution < 1.29 is 22.4 Å². The predicted molar refractivity (Wildman–Crippen MR) is 111 cm³/mol. The zero-order valence-electron chi connectivity index (χ0n) is 15.8. The van der Waals surface area contributed by atoms with E-state index in [1.54, 1.807) is 12.1 Å². The molecule has 0 aliphatic rings. The van der Waals surface area contributed by atoms with Crippen LogP contribution in [0.15, 0.2) is 58.2 Å². The van der Waals surface area contributed by atoms with E-state index in [1.807, 2.05) is 31.2 Å². The van der Waals surface area contributed by atoms with Crippen LogP contribution in [-0.2, 0) is 10.0 Å². The highest BCUT2D eigenvalue weighted by Gasteiger charge is 2.15. The number of ketones is 1. The van der Waals surface area contributed by atoms with Crippen molar-refractivity contribution in [1.29, 1.82) is 0 Å². The first-order chi connectivity index (χ1) is 13.9. The van der Waals surface area contributed by atoms with Crippen LogP contribution in [-0.4, -0.2) is 43.0 Å². The molecule has 0 atom stereocenters. The average Bonchev–Trinajstić information content (AvgIpc) is 3.15. The highest BCUT2D eigenvalue weighted by Crippen LogP contribution is 2.30. The van der Waals surface area contributed by atoms with Crippen molar-refractivity contribution >= 4 is 33.3 Å². The number of hydrogen-bond acceptors (Lipinski definition) is 8. The summed E-state index contributed by atoms with van der Waals surface area (Å²) in [7, 11) is -3.36. The summed E-state index contributed by atoms with van der Waals surface area (Å²) in [5.41, 5.74) is 1.54. The quantitative estimate of drug-likeness (QED) is 0.403. The summed E-state index contributed by atoms with van der Waals surface area (Å²) in [4.78, 5) is 12.4. The topological polar surface area (TPSA) is 111 Å². The molecule has 0 aliphatic carbocycles. The summed E-state index contributed by atoms with van der Waals surface area (Å²) in [5.74, 6) is 0.928. The minimum atomic E-state index is -3.36. The summed E-state index contributed by atoms with van der Waals surface area (Å²) in [5, 5.41) is 8.28. The van der Waals surface area contributed by atoms with Gasteiger partial charge in [0.25, 0.3) is 11.1 Å². The number of carbonyl (C=O) groups excluding carboxylic acids is 1. The number of Topliss-reactive ketones (excluding diaryl/α,β-unsaturated/α-hetero) is 1. The second-order valence-corrected chi connectivity index (χ2v) is 8.64. The molecule has 3 aromatic rings. The normalized spacial score (nSPS) is 11.2. The van der Waals surface area contributed by atoms with E-state index >= 15 is 0 Å². The molecule has 0 spiro atoms. The van der Waals surface area contributed by atoms with E-state index in [0.717, 1.165) is 18.0 Å². The van der Waals surface area contributed by atoms with Gasteiger partial charge in [-0.15, -0.1) is 10.2 Å². The molecule has 2 aromatic carbocycles. The molecular weight excluding hydrogens is 414 g/mol. The van der Waals surface area contributed by atoms with Crippen LogP contribution in [0.3, 0.4) is 0 Å². The molecule has 0 aliphatic heterocycles. The van der Waals surface area contributed by atoms with Gasteiger partial charge in [0.15, 0.2) is 5.78 Å². The van der Waals surface area contributed by atoms with Gasteiger partial charge in [-0.25, -0.2) is 8.42 Å². The molecule has 0 bridgehead atoms. The minimum Gasteiger partial charge on any atom is -0.493 e. The van der Waals surface area contributed by atoms with Crippen molar-refractivity contribution in [1.82, 2.24) is 10.2 Å². The van der Waals surface area contributed by atoms with E-state index in [0.29, 0.717) is 35.1 Å². The van der Waals surface area contributed by atoms with Gasteiger partial charge in [0.1, 0.15) is 5.75 Å². The number of hydrogen-bond donors (Lipinski definition) is 1. The smallest absolute Gasteiger partial charge is 0.277 e. The van der Waals surface area contributed by atoms with Crippen LogP contribution in [0.2, 0.25) is 0 Å². The Hall–Kier alpha value is -2.85. The van der Waals surface area contributed by atoms with Crippen LogP contribution in [0.25, 0.3) is 11.5 Å². The third-order valence-electron chi connectivity index (χ3n) is 3.66. The van der Waals surface area contributed by atoms with Crippen LogP contribution in [0.4, 0.5) is 5.69 Å². The maximum atomic E-state index is 12.4. The number of benzene rings is 2. The summed E-state index contributed by atoms with van der Waals surface area (Å²) >= 11 is 1.13. The Balaban J connectivity index is 1.63. The number of sulfonamides is 1. The van der Waals surface area contributed by atoms with Gasteiger partial charge in [0, 0.05) is 11.3 Å². The third kappa shape index (κ3) is 5.81. The molecule has 152 valence electrons. The first kappa shape index (κ1) is 20.9. The lowest BCUT2D eigenvalue weighted by atomic mass is 10.1. The fraction of sp³-hybridized carbons (Fsp3) is 0.211. The molecule has 0 amide bonds. The van der Waals surface area contributed by atoms with Crippen molar-refractivity contribution in [3.8, 4) is 17.2 Å². The Morgan fingerprint density at radius 1 is 1.14 bits per heavy atom. The van der Waals surface area contributed by atoms with E-state index in [9.17, 15) is 13.2 Å². The van der Waals surface area contributed by atoms with Gasteiger partial charge < -0.3 is 9.15 Å². The van der Waals surface area contributed by atoms with Gasteiger partial charge in [-0.1, -0.05) is 23.9 Å². The summed E-state index contributed by atoms with van der Waals surface area (Å²) in [6.07, 6.45) is 1.06. The van der Waals surface area contributed by atoms with Gasteiger partial charge >= 0.3 is 0 Å². The Bertz CT molecular complexity index is 1100. The van der Waals surface area contributed by atoms with Crippen molar-refractivity contribution in [2.45, 2.75) is 12.1 Å².